The van der Waals surface area contributed by atoms with Crippen molar-refractivity contribution in [2.24, 2.45) is 5.73 Å². The van der Waals surface area contributed by atoms with Crippen LogP contribution in [0.15, 0.2) is 41.8 Å². The van der Waals surface area contributed by atoms with E-state index in [1.807, 2.05) is 25.3 Å². The normalized spacial score (nSPS) is 11.0. The second kappa shape index (κ2) is 6.72. The molecule has 5 nitrogen and oxygen atoms in total. The van der Waals surface area contributed by atoms with Gasteiger partial charge in [-0.3, -0.25) is 9.59 Å². The third-order valence-electron chi connectivity index (χ3n) is 2.87. The molecule has 22 heavy (non-hydrogen) atoms. The molecule has 1 heterocycles. The van der Waals surface area contributed by atoms with Gasteiger partial charge in [0.1, 0.15) is 0 Å². The number of thiophene rings is 1. The minimum atomic E-state index is -0.495. The zero-order chi connectivity index (χ0) is 16.2. The zero-order valence-corrected chi connectivity index (χ0v) is 13.4. The second-order valence-corrected chi connectivity index (χ2v) is 6.60. The van der Waals surface area contributed by atoms with Crippen molar-refractivity contribution in [3.05, 3.63) is 52.2 Å². The van der Waals surface area contributed by atoms with Crippen molar-refractivity contribution in [2.75, 3.05) is 11.9 Å². The fourth-order valence-corrected chi connectivity index (χ4v) is 2.40. The molecule has 2 aromatic rings. The molecule has 0 unspecified atom stereocenters. The van der Waals surface area contributed by atoms with Gasteiger partial charge in [-0.05, 0) is 37.4 Å². The van der Waals surface area contributed by atoms with Gasteiger partial charge in [0.15, 0.2) is 0 Å². The van der Waals surface area contributed by atoms with Crippen molar-refractivity contribution in [1.29, 1.82) is 0 Å². The Morgan fingerprint density at radius 2 is 1.86 bits per heavy atom. The summed E-state index contributed by atoms with van der Waals surface area (Å²) in [4.78, 5) is 25.0. The first-order chi connectivity index (χ1) is 10.4. The number of para-hydroxylation sites is 1. The van der Waals surface area contributed by atoms with Crippen LogP contribution in [0.5, 0.6) is 0 Å². The summed E-state index contributed by atoms with van der Waals surface area (Å²) in [5, 5.41) is 7.38. The van der Waals surface area contributed by atoms with Gasteiger partial charge in [0, 0.05) is 12.1 Å². The molecule has 1 aromatic heterocycles. The van der Waals surface area contributed by atoms with Crippen LogP contribution in [0.1, 0.15) is 33.9 Å². The van der Waals surface area contributed by atoms with Crippen LogP contribution in [0.3, 0.4) is 0 Å². The Hall–Kier alpha value is -2.18. The molecule has 0 aliphatic heterocycles. The van der Waals surface area contributed by atoms with Crippen molar-refractivity contribution in [3.8, 4) is 0 Å². The van der Waals surface area contributed by atoms with Gasteiger partial charge in [-0.1, -0.05) is 18.2 Å². The number of amides is 2. The highest BCUT2D eigenvalue weighted by atomic mass is 32.1. The van der Waals surface area contributed by atoms with Crippen molar-refractivity contribution in [2.45, 2.75) is 19.4 Å². The Balaban J connectivity index is 2.13. The average molecular weight is 317 g/mol. The van der Waals surface area contributed by atoms with Crippen molar-refractivity contribution >= 4 is 28.8 Å². The lowest BCUT2D eigenvalue weighted by atomic mass is 10.1. The van der Waals surface area contributed by atoms with E-state index in [-0.39, 0.29) is 11.8 Å². The minimum Gasteiger partial charge on any atom is -0.350 e. The first kappa shape index (κ1) is 16.2. The van der Waals surface area contributed by atoms with Crippen LogP contribution < -0.4 is 16.4 Å². The van der Waals surface area contributed by atoms with E-state index in [4.69, 9.17) is 5.73 Å². The van der Waals surface area contributed by atoms with E-state index in [1.54, 1.807) is 30.3 Å². The Labute approximate surface area is 133 Å². The van der Waals surface area contributed by atoms with E-state index in [2.05, 4.69) is 10.6 Å². The van der Waals surface area contributed by atoms with Gasteiger partial charge in [-0.15, -0.1) is 11.3 Å². The van der Waals surface area contributed by atoms with Gasteiger partial charge in [0.25, 0.3) is 11.8 Å². The van der Waals surface area contributed by atoms with Gasteiger partial charge in [-0.2, -0.15) is 0 Å². The van der Waals surface area contributed by atoms with Crippen molar-refractivity contribution < 1.29 is 9.59 Å². The molecule has 0 aliphatic rings. The molecular weight excluding hydrogens is 298 g/mol. The summed E-state index contributed by atoms with van der Waals surface area (Å²) in [6, 6.07) is 10.4. The van der Waals surface area contributed by atoms with Crippen LogP contribution in [0, 0.1) is 0 Å². The highest BCUT2D eigenvalue weighted by molar-refractivity contribution is 7.12. The standard InChI is InChI=1S/C16H19N3O2S/c1-16(2,17)10-18-14(20)11-6-3-4-7-12(11)19-15(21)13-8-5-9-22-13/h3-9H,10,17H2,1-2H3,(H,18,20)(H,19,21). The molecule has 0 fully saturated rings. The van der Waals surface area contributed by atoms with E-state index in [1.165, 1.54) is 11.3 Å². The molecular formula is C16H19N3O2S. The van der Waals surface area contributed by atoms with Crippen LogP contribution in [-0.2, 0) is 0 Å². The Kier molecular flexibility index (Phi) is 4.95. The molecule has 0 atom stereocenters. The lowest BCUT2D eigenvalue weighted by molar-refractivity contribution is 0.0947. The number of nitrogens with one attached hydrogen (secondary N) is 2. The van der Waals surface area contributed by atoms with Crippen molar-refractivity contribution in [3.63, 3.8) is 0 Å². The largest absolute Gasteiger partial charge is 0.350 e. The van der Waals surface area contributed by atoms with Gasteiger partial charge >= 0.3 is 0 Å². The predicted octanol–water partition coefficient (Wildman–Crippen LogP) is 2.47. The number of anilines is 1. The van der Waals surface area contributed by atoms with E-state index in [0.717, 1.165) is 0 Å². The molecule has 0 radical (unpaired) electrons. The van der Waals surface area contributed by atoms with E-state index in [0.29, 0.717) is 22.7 Å². The fourth-order valence-electron chi connectivity index (χ4n) is 1.79. The summed E-state index contributed by atoms with van der Waals surface area (Å²) in [5.41, 5.74) is 6.26. The van der Waals surface area contributed by atoms with Gasteiger partial charge in [0.2, 0.25) is 0 Å². The molecule has 0 saturated carbocycles. The van der Waals surface area contributed by atoms with E-state index >= 15 is 0 Å². The van der Waals surface area contributed by atoms with E-state index < -0.39 is 5.54 Å². The minimum absolute atomic E-state index is 0.227. The molecule has 0 spiro atoms. The molecule has 0 bridgehead atoms. The van der Waals surface area contributed by atoms with Crippen molar-refractivity contribution in [1.82, 2.24) is 5.32 Å². The maximum absolute atomic E-state index is 12.3. The molecule has 4 N–H and O–H groups in total. The van der Waals surface area contributed by atoms with E-state index in [9.17, 15) is 9.59 Å². The summed E-state index contributed by atoms with van der Waals surface area (Å²) < 4.78 is 0. The SMILES string of the molecule is CC(C)(N)CNC(=O)c1ccccc1NC(=O)c1cccs1. The molecule has 0 saturated heterocycles. The van der Waals surface area contributed by atoms with Crippen LogP contribution >= 0.6 is 11.3 Å². The molecule has 1 aromatic carbocycles. The van der Waals surface area contributed by atoms with Crippen LogP contribution in [-0.4, -0.2) is 23.9 Å². The monoisotopic (exact) mass is 317 g/mol. The van der Waals surface area contributed by atoms with Gasteiger partial charge in [-0.25, -0.2) is 0 Å². The second-order valence-electron chi connectivity index (χ2n) is 5.65. The number of hydrogen-bond donors (Lipinski definition) is 3. The number of rotatable bonds is 5. The van der Waals surface area contributed by atoms with Crippen LogP contribution in [0.25, 0.3) is 0 Å². The van der Waals surface area contributed by atoms with Gasteiger partial charge in [0.05, 0.1) is 16.1 Å². The summed E-state index contributed by atoms with van der Waals surface area (Å²) >= 11 is 1.35. The number of benzene rings is 1. The topological polar surface area (TPSA) is 84.2 Å². The maximum atomic E-state index is 12.3. The highest BCUT2D eigenvalue weighted by Crippen LogP contribution is 2.18. The highest BCUT2D eigenvalue weighted by Gasteiger charge is 2.17. The number of carbonyl (C=O) groups is 2. The number of carbonyl (C=O) groups excluding carboxylic acids is 2. The van der Waals surface area contributed by atoms with Gasteiger partial charge < -0.3 is 16.4 Å². The number of nitrogens with two attached hydrogens (primary N) is 1. The third kappa shape index (κ3) is 4.41. The lowest BCUT2D eigenvalue weighted by Crippen LogP contribution is -2.45. The third-order valence-corrected chi connectivity index (χ3v) is 3.74. The quantitative estimate of drug-likeness (QED) is 0.792. The average Bonchev–Trinajstić information content (AvgIpc) is 2.99. The molecule has 0 aliphatic carbocycles. The lowest BCUT2D eigenvalue weighted by Gasteiger charge is -2.19. The summed E-state index contributed by atoms with van der Waals surface area (Å²) in [5.74, 6) is -0.491. The molecule has 116 valence electrons. The molecule has 2 rings (SSSR count). The first-order valence-corrected chi connectivity index (χ1v) is 7.76. The molecule has 2 amide bonds. The van der Waals surface area contributed by atoms with Crippen LogP contribution in [0.2, 0.25) is 0 Å². The summed E-state index contributed by atoms with van der Waals surface area (Å²) in [6.07, 6.45) is 0. The Morgan fingerprint density at radius 3 is 2.50 bits per heavy atom. The Morgan fingerprint density at radius 1 is 1.14 bits per heavy atom. The fraction of sp³-hybridized carbons (Fsp3) is 0.250. The first-order valence-electron chi connectivity index (χ1n) is 6.88. The molecule has 6 heteroatoms. The maximum Gasteiger partial charge on any atom is 0.265 e. The predicted molar refractivity (Wildman–Crippen MR) is 89.3 cm³/mol. The summed E-state index contributed by atoms with van der Waals surface area (Å²) in [6.45, 7) is 4.01. The summed E-state index contributed by atoms with van der Waals surface area (Å²) in [7, 11) is 0. The Bertz CT molecular complexity index is 660. The smallest absolute Gasteiger partial charge is 0.265 e. The number of hydrogen-bond acceptors (Lipinski definition) is 4. The zero-order valence-electron chi connectivity index (χ0n) is 12.6. The van der Waals surface area contributed by atoms with Crippen LogP contribution in [0.4, 0.5) is 5.69 Å².